The van der Waals surface area contributed by atoms with E-state index in [-0.39, 0.29) is 11.4 Å². The van der Waals surface area contributed by atoms with Crippen LogP contribution in [0, 0.1) is 6.92 Å². The molecule has 5 N–H and O–H groups in total. The van der Waals surface area contributed by atoms with Crippen LogP contribution < -0.4 is 17.0 Å². The molecule has 2 aromatic rings. The third kappa shape index (κ3) is 3.20. The highest BCUT2D eigenvalue weighted by molar-refractivity contribution is 7.98. The summed E-state index contributed by atoms with van der Waals surface area (Å²) in [6.45, 7) is 1.84. The fourth-order valence-electron chi connectivity index (χ4n) is 1.38. The normalized spacial score (nSPS) is 10.5. The molecule has 2 rings (SSSR count). The topological polar surface area (TPSA) is 124 Å². The van der Waals surface area contributed by atoms with Crippen molar-refractivity contribution < 1.29 is 0 Å². The minimum atomic E-state index is -0.283. The van der Waals surface area contributed by atoms with E-state index < -0.39 is 0 Å². The fraction of sp³-hybridized carbons (Fsp3) is 0.200. The lowest BCUT2D eigenvalue weighted by molar-refractivity contribution is 0.937. The molecule has 0 aliphatic carbocycles. The molecule has 0 saturated carbocycles. The molecule has 0 aliphatic heterocycles. The maximum absolute atomic E-state index is 11.2. The first kappa shape index (κ1) is 12.4. The van der Waals surface area contributed by atoms with Crippen LogP contribution in [0.25, 0.3) is 0 Å². The summed E-state index contributed by atoms with van der Waals surface area (Å²) in [5.74, 6) is 1.65. The molecule has 2 heterocycles. The Balaban J connectivity index is 2.13. The molecule has 0 bridgehead atoms. The van der Waals surface area contributed by atoms with Crippen LogP contribution in [0.2, 0.25) is 0 Å². The smallest absolute Gasteiger partial charge is 0.253 e. The number of hydrogen-bond acceptors (Lipinski definition) is 7. The van der Waals surface area contributed by atoms with E-state index in [2.05, 4.69) is 19.9 Å². The van der Waals surface area contributed by atoms with Crippen molar-refractivity contribution in [3.63, 3.8) is 0 Å². The maximum Gasteiger partial charge on any atom is 0.253 e. The van der Waals surface area contributed by atoms with Crippen molar-refractivity contribution in [2.75, 3.05) is 11.5 Å². The quantitative estimate of drug-likeness (QED) is 0.539. The van der Waals surface area contributed by atoms with Gasteiger partial charge in [0, 0.05) is 17.8 Å². The van der Waals surface area contributed by atoms with Crippen molar-refractivity contribution in [2.45, 2.75) is 17.8 Å². The van der Waals surface area contributed by atoms with E-state index in [4.69, 9.17) is 11.5 Å². The summed E-state index contributed by atoms with van der Waals surface area (Å²) in [4.78, 5) is 26.1. The van der Waals surface area contributed by atoms with Crippen LogP contribution in [0.3, 0.4) is 0 Å². The standard InChI is InChI=1S/C10H12N6OS/c1-5-2-6(11)14-8(13-5)4-18-10-15-7(12)3-9(17)16-10/h2-3H,4H2,1H3,(H2,11,13,14)(H3,12,15,16,17). The second kappa shape index (κ2) is 5.05. The van der Waals surface area contributed by atoms with Gasteiger partial charge >= 0.3 is 0 Å². The summed E-state index contributed by atoms with van der Waals surface area (Å²) in [6.07, 6.45) is 0. The van der Waals surface area contributed by atoms with Gasteiger partial charge in [0.2, 0.25) is 0 Å². The Morgan fingerprint density at radius 3 is 2.61 bits per heavy atom. The summed E-state index contributed by atoms with van der Waals surface area (Å²) in [5, 5.41) is 0.434. The number of H-pyrrole nitrogens is 1. The molecule has 0 radical (unpaired) electrons. The number of thioether (sulfide) groups is 1. The SMILES string of the molecule is Cc1cc(N)nc(CSc2nc(N)cc(=O)[nH]2)n1. The number of rotatable bonds is 3. The summed E-state index contributed by atoms with van der Waals surface area (Å²) in [6, 6.07) is 2.92. The molecule has 0 saturated heterocycles. The fourth-order valence-corrected chi connectivity index (χ4v) is 2.11. The van der Waals surface area contributed by atoms with E-state index in [0.29, 0.717) is 22.6 Å². The van der Waals surface area contributed by atoms with Crippen molar-refractivity contribution in [1.29, 1.82) is 0 Å². The van der Waals surface area contributed by atoms with Crippen LogP contribution in [0.5, 0.6) is 0 Å². The minimum Gasteiger partial charge on any atom is -0.384 e. The van der Waals surface area contributed by atoms with Crippen molar-refractivity contribution in [2.24, 2.45) is 0 Å². The largest absolute Gasteiger partial charge is 0.384 e. The highest BCUT2D eigenvalue weighted by Crippen LogP contribution is 2.17. The molecular weight excluding hydrogens is 252 g/mol. The number of nitrogens with zero attached hydrogens (tertiary/aromatic N) is 3. The Bertz CT molecular complexity index is 606. The predicted molar refractivity (Wildman–Crippen MR) is 70.0 cm³/mol. The molecule has 0 fully saturated rings. The molecule has 8 heteroatoms. The van der Waals surface area contributed by atoms with Gasteiger partial charge in [0.1, 0.15) is 17.5 Å². The lowest BCUT2D eigenvalue weighted by Crippen LogP contribution is -2.09. The van der Waals surface area contributed by atoms with Gasteiger partial charge in [0.05, 0.1) is 5.75 Å². The molecule has 2 aromatic heterocycles. The van der Waals surface area contributed by atoms with Gasteiger partial charge in [0.25, 0.3) is 5.56 Å². The molecular formula is C10H12N6OS. The van der Waals surface area contributed by atoms with Crippen molar-refractivity contribution in [3.05, 3.63) is 34.0 Å². The predicted octanol–water partition coefficient (Wildman–Crippen LogP) is 0.325. The number of hydrogen-bond donors (Lipinski definition) is 3. The Labute approximate surface area is 107 Å². The van der Waals surface area contributed by atoms with Crippen LogP contribution in [-0.2, 0) is 5.75 Å². The first-order valence-electron chi connectivity index (χ1n) is 5.12. The Hall–Kier alpha value is -2.09. The number of anilines is 2. The number of nitrogen functional groups attached to an aromatic ring is 2. The van der Waals surface area contributed by atoms with E-state index >= 15 is 0 Å². The molecule has 0 unspecified atom stereocenters. The van der Waals surface area contributed by atoms with Gasteiger partial charge in [-0.2, -0.15) is 0 Å². The summed E-state index contributed by atoms with van der Waals surface area (Å²) < 4.78 is 0. The average molecular weight is 264 g/mol. The molecule has 7 nitrogen and oxygen atoms in total. The first-order chi connectivity index (χ1) is 8.52. The molecule has 0 atom stereocenters. The van der Waals surface area contributed by atoms with Crippen molar-refractivity contribution in [1.82, 2.24) is 19.9 Å². The zero-order valence-corrected chi connectivity index (χ0v) is 10.5. The number of nitrogens with one attached hydrogen (secondary N) is 1. The summed E-state index contributed by atoms with van der Waals surface area (Å²) in [5.41, 5.74) is 11.6. The summed E-state index contributed by atoms with van der Waals surface area (Å²) >= 11 is 1.29. The van der Waals surface area contributed by atoms with Gasteiger partial charge in [-0.25, -0.2) is 15.0 Å². The van der Waals surface area contributed by atoms with Crippen LogP contribution >= 0.6 is 11.8 Å². The molecule has 18 heavy (non-hydrogen) atoms. The molecule has 0 amide bonds. The van der Waals surface area contributed by atoms with E-state index in [1.54, 1.807) is 6.07 Å². The van der Waals surface area contributed by atoms with Crippen molar-refractivity contribution in [3.8, 4) is 0 Å². The third-order valence-corrected chi connectivity index (χ3v) is 2.87. The third-order valence-electron chi connectivity index (χ3n) is 2.00. The van der Waals surface area contributed by atoms with Gasteiger partial charge in [-0.3, -0.25) is 4.79 Å². The van der Waals surface area contributed by atoms with E-state index in [9.17, 15) is 4.79 Å². The highest BCUT2D eigenvalue weighted by Gasteiger charge is 2.04. The molecule has 0 spiro atoms. The van der Waals surface area contributed by atoms with E-state index in [1.165, 1.54) is 17.8 Å². The van der Waals surface area contributed by atoms with Gasteiger partial charge in [-0.15, -0.1) is 0 Å². The van der Waals surface area contributed by atoms with Gasteiger partial charge < -0.3 is 16.5 Å². The van der Waals surface area contributed by atoms with Gasteiger partial charge in [-0.05, 0) is 6.92 Å². The van der Waals surface area contributed by atoms with Crippen molar-refractivity contribution >= 4 is 23.4 Å². The van der Waals surface area contributed by atoms with Crippen LogP contribution in [0.1, 0.15) is 11.5 Å². The monoisotopic (exact) mass is 264 g/mol. The maximum atomic E-state index is 11.2. The second-order valence-corrected chi connectivity index (χ2v) is 4.58. The van der Waals surface area contributed by atoms with Gasteiger partial charge in [-0.1, -0.05) is 11.8 Å². The van der Waals surface area contributed by atoms with E-state index in [1.807, 2.05) is 6.92 Å². The first-order valence-corrected chi connectivity index (χ1v) is 6.11. The lowest BCUT2D eigenvalue weighted by atomic mass is 10.4. The Morgan fingerprint density at radius 1 is 1.22 bits per heavy atom. The van der Waals surface area contributed by atoms with Crippen LogP contribution in [0.15, 0.2) is 22.1 Å². The number of aromatic nitrogens is 4. The number of nitrogens with two attached hydrogens (primary N) is 2. The zero-order chi connectivity index (χ0) is 13.1. The summed E-state index contributed by atoms with van der Waals surface area (Å²) in [7, 11) is 0. The number of aromatic amines is 1. The number of aryl methyl sites for hydroxylation is 1. The minimum absolute atomic E-state index is 0.186. The van der Waals surface area contributed by atoms with E-state index in [0.717, 1.165) is 5.69 Å². The molecule has 0 aliphatic rings. The van der Waals surface area contributed by atoms with Gasteiger partial charge in [0.15, 0.2) is 5.16 Å². The molecule has 94 valence electrons. The lowest BCUT2D eigenvalue weighted by Gasteiger charge is -2.03. The Kier molecular flexibility index (Phi) is 3.47. The zero-order valence-electron chi connectivity index (χ0n) is 9.67. The van der Waals surface area contributed by atoms with Crippen LogP contribution in [0.4, 0.5) is 11.6 Å². The molecule has 0 aromatic carbocycles. The average Bonchev–Trinajstić information content (AvgIpc) is 2.23. The second-order valence-electron chi connectivity index (χ2n) is 3.61. The Morgan fingerprint density at radius 2 is 1.94 bits per heavy atom. The highest BCUT2D eigenvalue weighted by atomic mass is 32.2. The van der Waals surface area contributed by atoms with Crippen LogP contribution in [-0.4, -0.2) is 19.9 Å².